The van der Waals surface area contributed by atoms with E-state index < -0.39 is 0 Å². The van der Waals surface area contributed by atoms with Gasteiger partial charge in [0.05, 0.1) is 4.47 Å². The molecule has 0 saturated carbocycles. The van der Waals surface area contributed by atoms with Gasteiger partial charge in [0.25, 0.3) is 5.91 Å². The van der Waals surface area contributed by atoms with Crippen LogP contribution in [0.2, 0.25) is 0 Å². The number of hydrogen-bond acceptors (Lipinski definition) is 1. The SMILES string of the molecule is CC(C)NC(=O)c1c(Br)c2ccccc2n1C. The molecule has 2 aromatic rings. The number of nitrogens with zero attached hydrogens (tertiary/aromatic N) is 1. The van der Waals surface area contributed by atoms with Crippen molar-refractivity contribution in [1.29, 1.82) is 0 Å². The third kappa shape index (κ3) is 2.09. The number of amides is 1. The Morgan fingerprint density at radius 3 is 2.59 bits per heavy atom. The molecule has 0 radical (unpaired) electrons. The van der Waals surface area contributed by atoms with Crippen LogP contribution in [0.4, 0.5) is 0 Å². The van der Waals surface area contributed by atoms with Gasteiger partial charge in [-0.15, -0.1) is 0 Å². The summed E-state index contributed by atoms with van der Waals surface area (Å²) in [5.41, 5.74) is 1.72. The van der Waals surface area contributed by atoms with Gasteiger partial charge in [0.2, 0.25) is 0 Å². The fourth-order valence-corrected chi connectivity index (χ4v) is 2.71. The standard InChI is InChI=1S/C13H15BrN2O/c1-8(2)15-13(17)12-11(14)9-6-4-5-7-10(9)16(12)3/h4-8H,1-3H3,(H,15,17). The highest BCUT2D eigenvalue weighted by molar-refractivity contribution is 9.10. The molecule has 2 rings (SSSR count). The minimum Gasteiger partial charge on any atom is -0.349 e. The summed E-state index contributed by atoms with van der Waals surface area (Å²) in [6.45, 7) is 3.91. The van der Waals surface area contributed by atoms with Crippen LogP contribution in [0.15, 0.2) is 28.7 Å². The average Bonchev–Trinajstić information content (AvgIpc) is 2.51. The number of aromatic nitrogens is 1. The average molecular weight is 295 g/mol. The van der Waals surface area contributed by atoms with E-state index in [2.05, 4.69) is 21.2 Å². The highest BCUT2D eigenvalue weighted by Crippen LogP contribution is 2.30. The summed E-state index contributed by atoms with van der Waals surface area (Å²) >= 11 is 3.51. The number of carbonyl (C=O) groups is 1. The normalized spacial score (nSPS) is 11.1. The molecule has 0 spiro atoms. The van der Waals surface area contributed by atoms with Gasteiger partial charge in [-0.25, -0.2) is 0 Å². The second-order valence-electron chi connectivity index (χ2n) is 4.37. The lowest BCUT2D eigenvalue weighted by Gasteiger charge is -2.09. The first-order valence-electron chi connectivity index (χ1n) is 5.56. The number of carbonyl (C=O) groups excluding carboxylic acids is 1. The zero-order valence-corrected chi connectivity index (χ0v) is 11.7. The van der Waals surface area contributed by atoms with Crippen LogP contribution >= 0.6 is 15.9 Å². The monoisotopic (exact) mass is 294 g/mol. The molecule has 3 nitrogen and oxygen atoms in total. The molecule has 0 aliphatic heterocycles. The molecule has 0 aliphatic carbocycles. The van der Waals surface area contributed by atoms with Gasteiger partial charge in [-0.3, -0.25) is 4.79 Å². The molecule has 1 aromatic carbocycles. The number of benzene rings is 1. The number of para-hydroxylation sites is 1. The molecule has 1 aromatic heterocycles. The van der Waals surface area contributed by atoms with Crippen LogP contribution in [0.25, 0.3) is 10.9 Å². The van der Waals surface area contributed by atoms with Crippen molar-refractivity contribution >= 4 is 32.7 Å². The van der Waals surface area contributed by atoms with Crippen molar-refractivity contribution < 1.29 is 4.79 Å². The van der Waals surface area contributed by atoms with E-state index in [4.69, 9.17) is 0 Å². The second kappa shape index (κ2) is 4.53. The summed E-state index contributed by atoms with van der Waals surface area (Å²) in [4.78, 5) is 12.1. The summed E-state index contributed by atoms with van der Waals surface area (Å²) in [5.74, 6) is -0.0504. The first kappa shape index (κ1) is 12.2. The quantitative estimate of drug-likeness (QED) is 0.907. The second-order valence-corrected chi connectivity index (χ2v) is 5.16. The highest BCUT2D eigenvalue weighted by atomic mass is 79.9. The van der Waals surface area contributed by atoms with Gasteiger partial charge in [0, 0.05) is 24.0 Å². The van der Waals surface area contributed by atoms with Crippen LogP contribution in [-0.4, -0.2) is 16.5 Å². The lowest BCUT2D eigenvalue weighted by molar-refractivity contribution is 0.0934. The molecule has 0 aliphatic rings. The van der Waals surface area contributed by atoms with Gasteiger partial charge in [0.15, 0.2) is 0 Å². The third-order valence-electron chi connectivity index (χ3n) is 2.68. The minimum absolute atomic E-state index is 0.0504. The minimum atomic E-state index is -0.0504. The van der Waals surface area contributed by atoms with Crippen molar-refractivity contribution in [3.05, 3.63) is 34.4 Å². The Hall–Kier alpha value is -1.29. The molecular weight excluding hydrogens is 280 g/mol. The van der Waals surface area contributed by atoms with Gasteiger partial charge >= 0.3 is 0 Å². The van der Waals surface area contributed by atoms with E-state index in [1.54, 1.807) is 0 Å². The van der Waals surface area contributed by atoms with E-state index in [9.17, 15) is 4.79 Å². The molecule has 0 atom stereocenters. The van der Waals surface area contributed by atoms with Gasteiger partial charge in [0.1, 0.15) is 5.69 Å². The van der Waals surface area contributed by atoms with E-state index in [1.165, 1.54) is 0 Å². The van der Waals surface area contributed by atoms with Crippen molar-refractivity contribution in [2.24, 2.45) is 7.05 Å². The van der Waals surface area contributed by atoms with E-state index >= 15 is 0 Å². The smallest absolute Gasteiger partial charge is 0.269 e. The van der Waals surface area contributed by atoms with E-state index in [0.29, 0.717) is 5.69 Å². The van der Waals surface area contributed by atoms with Crippen LogP contribution in [0.3, 0.4) is 0 Å². The Morgan fingerprint density at radius 1 is 1.35 bits per heavy atom. The molecule has 0 bridgehead atoms. The Kier molecular flexibility index (Phi) is 3.24. The Bertz CT molecular complexity index is 533. The number of rotatable bonds is 2. The summed E-state index contributed by atoms with van der Waals surface area (Å²) in [7, 11) is 1.91. The number of aryl methyl sites for hydroxylation is 1. The highest BCUT2D eigenvalue weighted by Gasteiger charge is 2.19. The predicted molar refractivity (Wildman–Crippen MR) is 73.2 cm³/mol. The molecule has 90 valence electrons. The van der Waals surface area contributed by atoms with Crippen LogP contribution in [0, 0.1) is 0 Å². The Morgan fingerprint density at radius 2 is 2.00 bits per heavy atom. The summed E-state index contributed by atoms with van der Waals surface area (Å²) < 4.78 is 2.77. The fraction of sp³-hybridized carbons (Fsp3) is 0.308. The van der Waals surface area contributed by atoms with Gasteiger partial charge in [-0.05, 0) is 35.8 Å². The van der Waals surface area contributed by atoms with Crippen molar-refractivity contribution in [3.63, 3.8) is 0 Å². The van der Waals surface area contributed by atoms with Crippen molar-refractivity contribution in [2.45, 2.75) is 19.9 Å². The first-order valence-corrected chi connectivity index (χ1v) is 6.35. The van der Waals surface area contributed by atoms with Crippen molar-refractivity contribution in [1.82, 2.24) is 9.88 Å². The first-order chi connectivity index (χ1) is 8.02. The summed E-state index contributed by atoms with van der Waals surface area (Å²) in [5, 5.41) is 3.97. The number of hydrogen-bond donors (Lipinski definition) is 1. The topological polar surface area (TPSA) is 34.0 Å². The molecule has 0 unspecified atom stereocenters. The number of nitrogens with one attached hydrogen (secondary N) is 1. The molecule has 1 N–H and O–H groups in total. The van der Waals surface area contributed by atoms with Crippen LogP contribution in [0.1, 0.15) is 24.3 Å². The van der Waals surface area contributed by atoms with Crippen LogP contribution < -0.4 is 5.32 Å². The van der Waals surface area contributed by atoms with Gasteiger partial charge in [-0.2, -0.15) is 0 Å². The maximum absolute atomic E-state index is 12.1. The molecular formula is C13H15BrN2O. The summed E-state index contributed by atoms with van der Waals surface area (Å²) in [6.07, 6.45) is 0. The molecule has 17 heavy (non-hydrogen) atoms. The molecule has 0 saturated heterocycles. The maximum atomic E-state index is 12.1. The van der Waals surface area contributed by atoms with Crippen molar-refractivity contribution in [2.75, 3.05) is 0 Å². The zero-order chi connectivity index (χ0) is 12.6. The largest absolute Gasteiger partial charge is 0.349 e. The number of halogens is 1. The third-order valence-corrected chi connectivity index (χ3v) is 3.48. The Balaban J connectivity index is 2.58. The molecule has 1 heterocycles. The predicted octanol–water partition coefficient (Wildman–Crippen LogP) is 3.08. The zero-order valence-electron chi connectivity index (χ0n) is 10.1. The lowest BCUT2D eigenvalue weighted by atomic mass is 10.2. The van der Waals surface area contributed by atoms with Crippen LogP contribution in [0.5, 0.6) is 0 Å². The molecule has 4 heteroatoms. The van der Waals surface area contributed by atoms with E-state index in [0.717, 1.165) is 15.4 Å². The van der Waals surface area contributed by atoms with E-state index in [1.807, 2.05) is 49.7 Å². The Labute approximate surface area is 109 Å². The lowest BCUT2D eigenvalue weighted by Crippen LogP contribution is -2.31. The van der Waals surface area contributed by atoms with Crippen LogP contribution in [-0.2, 0) is 7.05 Å². The van der Waals surface area contributed by atoms with Crippen molar-refractivity contribution in [3.8, 4) is 0 Å². The van der Waals surface area contributed by atoms with Gasteiger partial charge < -0.3 is 9.88 Å². The maximum Gasteiger partial charge on any atom is 0.269 e. The summed E-state index contributed by atoms with van der Waals surface area (Å²) in [6, 6.07) is 8.08. The number of fused-ring (bicyclic) bond motifs is 1. The fourth-order valence-electron chi connectivity index (χ4n) is 1.93. The molecule has 0 fully saturated rings. The molecule has 1 amide bonds. The van der Waals surface area contributed by atoms with Gasteiger partial charge in [-0.1, -0.05) is 18.2 Å². The van der Waals surface area contributed by atoms with E-state index in [-0.39, 0.29) is 11.9 Å².